The smallest absolute Gasteiger partial charge is 0.411 e. The summed E-state index contributed by atoms with van der Waals surface area (Å²) < 4.78 is 6.47. The van der Waals surface area contributed by atoms with Gasteiger partial charge in [-0.1, -0.05) is 18.2 Å². The Morgan fingerprint density at radius 2 is 1.87 bits per heavy atom. The number of nitrogens with zero attached hydrogens (tertiary/aromatic N) is 2. The van der Waals surface area contributed by atoms with Crippen molar-refractivity contribution in [2.75, 3.05) is 31.6 Å². The number of benzene rings is 2. The number of Topliss-reactive ketones (excluding diaryl/α,β-unsaturated/α-hetero) is 1. The van der Waals surface area contributed by atoms with E-state index in [0.29, 0.717) is 18.8 Å². The molecule has 1 N–H and O–H groups in total. The molecule has 2 aromatic carbocycles. The molecule has 1 amide bonds. The Hall–Kier alpha value is -2.52. The zero-order chi connectivity index (χ0) is 21.6. The first-order chi connectivity index (χ1) is 15.1. The van der Waals surface area contributed by atoms with Gasteiger partial charge in [0.05, 0.1) is 5.52 Å². The van der Waals surface area contributed by atoms with Crippen LogP contribution in [0.15, 0.2) is 60.8 Å². The molecule has 0 radical (unpaired) electrons. The molecule has 1 aliphatic rings. The molecule has 0 bridgehead atoms. The summed E-state index contributed by atoms with van der Waals surface area (Å²) in [6.07, 6.45) is 2.95. The number of anilines is 1. The Bertz CT molecular complexity index is 1060. The maximum Gasteiger partial charge on any atom is 0.411 e. The highest BCUT2D eigenvalue weighted by Gasteiger charge is 2.25. The number of carbonyl (C=O) groups is 2. The molecule has 0 aliphatic carbocycles. The predicted molar refractivity (Wildman–Crippen MR) is 129 cm³/mol. The van der Waals surface area contributed by atoms with Gasteiger partial charge < -0.3 is 4.74 Å². The van der Waals surface area contributed by atoms with Gasteiger partial charge in [-0.15, -0.1) is 0 Å². The van der Waals surface area contributed by atoms with Crippen molar-refractivity contribution >= 4 is 51.1 Å². The van der Waals surface area contributed by atoms with Gasteiger partial charge in [-0.3, -0.25) is 20.0 Å². The molecule has 160 valence electrons. The van der Waals surface area contributed by atoms with Crippen molar-refractivity contribution in [1.82, 2.24) is 9.88 Å². The number of pyridine rings is 1. The molecule has 0 spiro atoms. The first-order valence-electron chi connectivity index (χ1n) is 10.4. The number of amides is 1. The van der Waals surface area contributed by atoms with Crippen LogP contribution in [0.25, 0.3) is 10.9 Å². The summed E-state index contributed by atoms with van der Waals surface area (Å²) in [6.45, 7) is 2.66. The number of carbonyl (C=O) groups excluding carboxylic acids is 2. The number of hydrogen-bond donors (Lipinski definition) is 1. The molecule has 7 heteroatoms. The van der Waals surface area contributed by atoms with Gasteiger partial charge in [0.25, 0.3) is 0 Å². The summed E-state index contributed by atoms with van der Waals surface area (Å²) in [5.41, 5.74) is 2.36. The number of rotatable bonds is 6. The zero-order valence-corrected chi connectivity index (χ0v) is 19.2. The number of fused-ring (bicyclic) bond motifs is 1. The fourth-order valence-corrected chi connectivity index (χ4v) is 4.20. The van der Waals surface area contributed by atoms with E-state index in [0.717, 1.165) is 46.0 Å². The van der Waals surface area contributed by atoms with Crippen LogP contribution in [-0.4, -0.2) is 48.0 Å². The van der Waals surface area contributed by atoms with Gasteiger partial charge in [0.2, 0.25) is 0 Å². The third-order valence-corrected chi connectivity index (χ3v) is 6.30. The number of ether oxygens (including phenoxy) is 1. The van der Waals surface area contributed by atoms with Gasteiger partial charge in [0.15, 0.2) is 5.78 Å². The van der Waals surface area contributed by atoms with Crippen molar-refractivity contribution < 1.29 is 14.3 Å². The molecule has 1 aromatic heterocycles. The van der Waals surface area contributed by atoms with Crippen LogP contribution in [-0.2, 0) is 4.74 Å². The Morgan fingerprint density at radius 1 is 1.10 bits per heavy atom. The number of likely N-dealkylation sites (tertiary alicyclic amines) is 1. The molecule has 1 fully saturated rings. The number of nitrogens with one attached hydrogen (secondary N) is 1. The second kappa shape index (κ2) is 10.2. The molecule has 1 aliphatic heterocycles. The molecule has 31 heavy (non-hydrogen) atoms. The second-order valence-corrected chi connectivity index (χ2v) is 8.90. The molecule has 0 saturated carbocycles. The van der Waals surface area contributed by atoms with Crippen LogP contribution >= 0.6 is 22.6 Å². The molecular formula is C24H24IN3O3. The van der Waals surface area contributed by atoms with Gasteiger partial charge in [-0.2, -0.15) is 0 Å². The van der Waals surface area contributed by atoms with Crippen molar-refractivity contribution in [2.24, 2.45) is 5.92 Å². The fourth-order valence-electron chi connectivity index (χ4n) is 3.84. The van der Waals surface area contributed by atoms with E-state index < -0.39 is 6.09 Å². The number of aromatic nitrogens is 1. The van der Waals surface area contributed by atoms with E-state index in [1.165, 1.54) is 0 Å². The summed E-state index contributed by atoms with van der Waals surface area (Å²) in [7, 11) is 0. The minimum absolute atomic E-state index is 0.0721. The third-order valence-electron chi connectivity index (χ3n) is 5.58. The van der Waals surface area contributed by atoms with E-state index in [1.807, 2.05) is 54.6 Å². The van der Waals surface area contributed by atoms with E-state index in [-0.39, 0.29) is 11.7 Å². The standard InChI is InChI=1S/C24H24IN3O3/c25-20-5-3-17(4-6-20)23(29)18-9-12-28(13-10-18)14-15-31-24(30)27-21-7-8-22-19(16-21)2-1-11-26-22/h1-8,11,16,18H,9-10,12-15H2,(H,27,30). The van der Waals surface area contributed by atoms with E-state index in [1.54, 1.807) is 6.20 Å². The molecule has 3 aromatic rings. The normalized spacial score (nSPS) is 15.0. The Balaban J connectivity index is 1.18. The maximum atomic E-state index is 12.7. The minimum Gasteiger partial charge on any atom is -0.448 e. The van der Waals surface area contributed by atoms with Crippen molar-refractivity contribution in [3.63, 3.8) is 0 Å². The van der Waals surface area contributed by atoms with Gasteiger partial charge in [-0.25, -0.2) is 4.79 Å². The highest BCUT2D eigenvalue weighted by atomic mass is 127. The van der Waals surface area contributed by atoms with Gasteiger partial charge in [0.1, 0.15) is 6.61 Å². The average Bonchev–Trinajstić information content (AvgIpc) is 2.79. The largest absolute Gasteiger partial charge is 0.448 e. The Morgan fingerprint density at radius 3 is 2.65 bits per heavy atom. The summed E-state index contributed by atoms with van der Waals surface area (Å²) in [4.78, 5) is 31.3. The van der Waals surface area contributed by atoms with Gasteiger partial charge in [-0.05, 0) is 84.9 Å². The van der Waals surface area contributed by atoms with Crippen LogP contribution in [0.4, 0.5) is 10.5 Å². The van der Waals surface area contributed by atoms with E-state index in [2.05, 4.69) is 37.8 Å². The van der Waals surface area contributed by atoms with Crippen molar-refractivity contribution in [2.45, 2.75) is 12.8 Å². The van der Waals surface area contributed by atoms with Crippen LogP contribution in [0.5, 0.6) is 0 Å². The molecule has 1 saturated heterocycles. The van der Waals surface area contributed by atoms with Crippen molar-refractivity contribution in [3.05, 3.63) is 69.9 Å². The van der Waals surface area contributed by atoms with Crippen LogP contribution in [0.2, 0.25) is 0 Å². The minimum atomic E-state index is -0.466. The SMILES string of the molecule is O=C(Nc1ccc2ncccc2c1)OCCN1CCC(C(=O)c2ccc(I)cc2)CC1. The lowest BCUT2D eigenvalue weighted by molar-refractivity contribution is 0.0813. The fraction of sp³-hybridized carbons (Fsp3) is 0.292. The van der Waals surface area contributed by atoms with Crippen LogP contribution in [0.1, 0.15) is 23.2 Å². The average molecular weight is 529 g/mol. The number of piperidine rings is 1. The number of halogens is 1. The maximum absolute atomic E-state index is 12.7. The summed E-state index contributed by atoms with van der Waals surface area (Å²) in [5.74, 6) is 0.306. The monoisotopic (exact) mass is 529 g/mol. The van der Waals surface area contributed by atoms with Crippen LogP contribution < -0.4 is 5.32 Å². The lowest BCUT2D eigenvalue weighted by atomic mass is 9.89. The summed E-state index contributed by atoms with van der Waals surface area (Å²) >= 11 is 2.24. The van der Waals surface area contributed by atoms with E-state index in [4.69, 9.17) is 4.74 Å². The van der Waals surface area contributed by atoms with Crippen molar-refractivity contribution in [3.8, 4) is 0 Å². The summed E-state index contributed by atoms with van der Waals surface area (Å²) in [6, 6.07) is 17.1. The van der Waals surface area contributed by atoms with E-state index >= 15 is 0 Å². The Labute approximate surface area is 195 Å². The summed E-state index contributed by atoms with van der Waals surface area (Å²) in [5, 5.41) is 3.72. The number of hydrogen-bond acceptors (Lipinski definition) is 5. The Kier molecular flexibility index (Phi) is 7.14. The highest BCUT2D eigenvalue weighted by molar-refractivity contribution is 14.1. The van der Waals surface area contributed by atoms with Crippen LogP contribution in [0.3, 0.4) is 0 Å². The molecule has 6 nitrogen and oxygen atoms in total. The first kappa shape index (κ1) is 21.7. The molecular weight excluding hydrogens is 505 g/mol. The second-order valence-electron chi connectivity index (χ2n) is 7.66. The molecule has 0 atom stereocenters. The third kappa shape index (κ3) is 5.80. The predicted octanol–water partition coefficient (Wildman–Crippen LogP) is 4.98. The lowest BCUT2D eigenvalue weighted by Crippen LogP contribution is -2.38. The zero-order valence-electron chi connectivity index (χ0n) is 17.1. The number of ketones is 1. The topological polar surface area (TPSA) is 71.5 Å². The molecule has 2 heterocycles. The van der Waals surface area contributed by atoms with Crippen molar-refractivity contribution in [1.29, 1.82) is 0 Å². The van der Waals surface area contributed by atoms with Gasteiger partial charge >= 0.3 is 6.09 Å². The van der Waals surface area contributed by atoms with Crippen LogP contribution in [0, 0.1) is 9.49 Å². The lowest BCUT2D eigenvalue weighted by Gasteiger charge is -2.31. The first-order valence-corrected chi connectivity index (χ1v) is 11.5. The molecule has 0 unspecified atom stereocenters. The van der Waals surface area contributed by atoms with E-state index in [9.17, 15) is 9.59 Å². The highest BCUT2D eigenvalue weighted by Crippen LogP contribution is 2.22. The quantitative estimate of drug-likeness (QED) is 0.360. The van der Waals surface area contributed by atoms with Gasteiger partial charge in [0, 0.05) is 38.9 Å². The molecule has 4 rings (SSSR count).